The fourth-order valence-electron chi connectivity index (χ4n) is 3.91. The molecule has 1 fully saturated rings. The van der Waals surface area contributed by atoms with Crippen molar-refractivity contribution in [2.75, 3.05) is 26.3 Å². The number of piperidine rings is 1. The number of hydrogen-bond donors (Lipinski definition) is 6. The molecule has 3 aliphatic heterocycles. The second-order valence-electron chi connectivity index (χ2n) is 8.62. The molecule has 0 spiro atoms. The van der Waals surface area contributed by atoms with Crippen LogP contribution in [0.5, 0.6) is 0 Å². The van der Waals surface area contributed by atoms with E-state index in [1.807, 2.05) is 0 Å². The number of halogens is 3. The van der Waals surface area contributed by atoms with Crippen LogP contribution >= 0.6 is 11.8 Å². The minimum absolute atomic E-state index is 0.0454. The number of aliphatic hydroxyl groups excluding tert-OH is 2. The summed E-state index contributed by atoms with van der Waals surface area (Å²) in [6.07, 6.45) is -1.59. The van der Waals surface area contributed by atoms with Gasteiger partial charge in [0.15, 0.2) is 24.3 Å². The van der Waals surface area contributed by atoms with Crippen LogP contribution in [0.1, 0.15) is 26.2 Å². The van der Waals surface area contributed by atoms with Crippen molar-refractivity contribution in [2.45, 2.75) is 50.0 Å². The number of hydrogen-bond acceptors (Lipinski definition) is 10. The molecule has 11 nitrogen and oxygen atoms in total. The number of hydrazone groups is 1. The van der Waals surface area contributed by atoms with Gasteiger partial charge in [-0.3, -0.25) is 15.0 Å². The zero-order chi connectivity index (χ0) is 27.9. The van der Waals surface area contributed by atoms with Gasteiger partial charge in [0.25, 0.3) is 5.91 Å². The van der Waals surface area contributed by atoms with Gasteiger partial charge in [-0.25, -0.2) is 0 Å². The molecule has 3 heterocycles. The van der Waals surface area contributed by atoms with Gasteiger partial charge in [0.2, 0.25) is 5.91 Å². The summed E-state index contributed by atoms with van der Waals surface area (Å²) < 4.78 is 44.1. The second-order valence-corrected chi connectivity index (χ2v) is 9.67. The Labute approximate surface area is 221 Å². The van der Waals surface area contributed by atoms with Crippen LogP contribution in [-0.4, -0.2) is 82.8 Å². The van der Waals surface area contributed by atoms with Crippen molar-refractivity contribution in [3.63, 3.8) is 0 Å². The second kappa shape index (κ2) is 13.1. The van der Waals surface area contributed by atoms with E-state index in [9.17, 15) is 27.9 Å². The number of aliphatic hydroxyl groups is 2. The predicted molar refractivity (Wildman–Crippen MR) is 135 cm³/mol. The fraction of sp³-hybridized carbons (Fsp3) is 0.522. The Balaban J connectivity index is 1.84. The first kappa shape index (κ1) is 29.4. The summed E-state index contributed by atoms with van der Waals surface area (Å²) in [5.41, 5.74) is 2.83. The third-order valence-electron chi connectivity index (χ3n) is 5.85. The van der Waals surface area contributed by atoms with Gasteiger partial charge in [0.1, 0.15) is 12.0 Å². The SMILES string of the molecule is C=C1C=C(NC(O)C2NC=CS2)C(CC)=NNC(C(=O)NC2CCN(C(=O)CO)CC2)=C1OCC(F)(F)F. The van der Waals surface area contributed by atoms with Gasteiger partial charge >= 0.3 is 6.18 Å². The molecule has 2 amide bonds. The molecule has 15 heteroatoms. The monoisotopic (exact) mass is 560 g/mol. The van der Waals surface area contributed by atoms with E-state index in [1.54, 1.807) is 18.5 Å². The lowest BCUT2D eigenvalue weighted by Gasteiger charge is -2.32. The number of allylic oxidation sites excluding steroid dienone is 2. The van der Waals surface area contributed by atoms with Crippen LogP contribution in [0, 0.1) is 0 Å². The van der Waals surface area contributed by atoms with Crippen LogP contribution in [0.2, 0.25) is 0 Å². The number of carbonyl (C=O) groups excluding carboxylic acids is 2. The van der Waals surface area contributed by atoms with Crippen molar-refractivity contribution in [3.8, 4) is 0 Å². The van der Waals surface area contributed by atoms with Gasteiger partial charge in [-0.2, -0.15) is 18.3 Å². The summed E-state index contributed by atoms with van der Waals surface area (Å²) in [6.45, 7) is 3.94. The van der Waals surface area contributed by atoms with E-state index in [0.29, 0.717) is 43.8 Å². The molecule has 0 radical (unpaired) electrons. The van der Waals surface area contributed by atoms with Crippen LogP contribution < -0.4 is 21.4 Å². The molecule has 1 saturated heterocycles. The predicted octanol–water partition coefficient (Wildman–Crippen LogP) is 0.727. The van der Waals surface area contributed by atoms with E-state index in [-0.39, 0.29) is 17.3 Å². The summed E-state index contributed by atoms with van der Waals surface area (Å²) in [6, 6.07) is -0.371. The zero-order valence-electron chi connectivity index (χ0n) is 20.7. The molecule has 0 aliphatic carbocycles. The molecule has 3 rings (SSSR count). The van der Waals surface area contributed by atoms with Crippen LogP contribution in [0.25, 0.3) is 0 Å². The molecule has 38 heavy (non-hydrogen) atoms. The van der Waals surface area contributed by atoms with Gasteiger partial charge in [-0.15, -0.1) is 11.8 Å². The summed E-state index contributed by atoms with van der Waals surface area (Å²) in [5, 5.41) is 33.8. The first-order valence-electron chi connectivity index (χ1n) is 11.9. The Kier molecular flexibility index (Phi) is 10.1. The highest BCUT2D eigenvalue weighted by molar-refractivity contribution is 8.02. The molecule has 0 aromatic rings. The molecule has 6 N–H and O–H groups in total. The van der Waals surface area contributed by atoms with E-state index >= 15 is 0 Å². The fourth-order valence-corrected chi connectivity index (χ4v) is 4.61. The van der Waals surface area contributed by atoms with Crippen molar-refractivity contribution in [1.29, 1.82) is 0 Å². The van der Waals surface area contributed by atoms with E-state index in [0.717, 1.165) is 0 Å². The average molecular weight is 561 g/mol. The number of rotatable bonds is 9. The molecule has 0 saturated carbocycles. The molecule has 210 valence electrons. The van der Waals surface area contributed by atoms with Gasteiger partial charge in [0, 0.05) is 30.9 Å². The van der Waals surface area contributed by atoms with E-state index in [4.69, 9.17) is 9.84 Å². The first-order chi connectivity index (χ1) is 18.0. The van der Waals surface area contributed by atoms with Crippen LogP contribution in [0.4, 0.5) is 13.2 Å². The number of ether oxygens (including phenoxy) is 1. The Bertz CT molecular complexity index is 1030. The quantitative estimate of drug-likeness (QED) is 0.225. The molecule has 2 unspecified atom stereocenters. The highest BCUT2D eigenvalue weighted by atomic mass is 32.2. The van der Waals surface area contributed by atoms with Crippen LogP contribution in [0.3, 0.4) is 0 Å². The molecule has 0 aromatic carbocycles. The average Bonchev–Trinajstić information content (AvgIpc) is 3.41. The Morgan fingerprint density at radius 1 is 1.37 bits per heavy atom. The lowest BCUT2D eigenvalue weighted by Crippen LogP contribution is -2.48. The van der Waals surface area contributed by atoms with Crippen molar-refractivity contribution in [2.24, 2.45) is 5.10 Å². The lowest BCUT2D eigenvalue weighted by molar-refractivity contribution is -0.164. The van der Waals surface area contributed by atoms with Crippen LogP contribution in [-0.2, 0) is 14.3 Å². The third-order valence-corrected chi connectivity index (χ3v) is 6.84. The Hall–Kier alpha value is -3.17. The number of nitrogens with one attached hydrogen (secondary N) is 4. The van der Waals surface area contributed by atoms with Gasteiger partial charge in [-0.1, -0.05) is 13.5 Å². The maximum Gasteiger partial charge on any atom is 0.422 e. The Morgan fingerprint density at radius 2 is 2.08 bits per heavy atom. The minimum atomic E-state index is -4.68. The summed E-state index contributed by atoms with van der Waals surface area (Å²) in [4.78, 5) is 26.3. The number of thioether (sulfide) groups is 1. The molecular weight excluding hydrogens is 529 g/mol. The Morgan fingerprint density at radius 3 is 2.66 bits per heavy atom. The highest BCUT2D eigenvalue weighted by Crippen LogP contribution is 2.25. The number of likely N-dealkylation sites (tertiary alicyclic amines) is 1. The topological polar surface area (TPSA) is 148 Å². The van der Waals surface area contributed by atoms with E-state index in [1.165, 1.54) is 22.7 Å². The largest absolute Gasteiger partial charge is 0.481 e. The van der Waals surface area contributed by atoms with Crippen molar-refractivity contribution < 1.29 is 37.7 Å². The summed E-state index contributed by atoms with van der Waals surface area (Å²) >= 11 is 1.34. The third kappa shape index (κ3) is 7.91. The number of amides is 2. The maximum absolute atomic E-state index is 13.2. The van der Waals surface area contributed by atoms with Crippen molar-refractivity contribution >= 4 is 29.3 Å². The maximum atomic E-state index is 13.2. The normalized spacial score (nSPS) is 21.5. The molecule has 0 aromatic heterocycles. The van der Waals surface area contributed by atoms with Crippen molar-refractivity contribution in [1.82, 2.24) is 26.3 Å². The standard InChI is InChI=1S/C23H31F3N6O5S/c1-3-15-16(29-21(36)22-27-6-9-38-22)10-13(2)19(37-12-23(24,25)26)18(31-30-15)20(35)28-14-4-7-32(8-5-14)17(34)11-33/h6,9-10,14,21-22,27,29,31,33,36H,2-5,7-8,11-12H2,1H3,(H,28,35). The van der Waals surface area contributed by atoms with Crippen LogP contribution in [0.15, 0.2) is 52.1 Å². The summed E-state index contributed by atoms with van der Waals surface area (Å²) in [7, 11) is 0. The zero-order valence-corrected chi connectivity index (χ0v) is 21.5. The molecular formula is C23H31F3N6O5S. The van der Waals surface area contributed by atoms with Gasteiger partial charge < -0.3 is 35.8 Å². The van der Waals surface area contributed by atoms with E-state index in [2.05, 4.69) is 33.1 Å². The summed E-state index contributed by atoms with van der Waals surface area (Å²) in [5.74, 6) is -1.62. The number of alkyl halides is 3. The number of carbonyl (C=O) groups is 2. The number of nitrogens with zero attached hydrogens (tertiary/aromatic N) is 2. The van der Waals surface area contributed by atoms with Crippen molar-refractivity contribution in [3.05, 3.63) is 47.0 Å². The highest BCUT2D eigenvalue weighted by Gasteiger charge is 2.33. The van der Waals surface area contributed by atoms with E-state index < -0.39 is 48.6 Å². The molecule has 3 aliphatic rings. The minimum Gasteiger partial charge on any atom is -0.481 e. The smallest absolute Gasteiger partial charge is 0.422 e. The molecule has 2 atom stereocenters. The van der Waals surface area contributed by atoms with Gasteiger partial charge in [-0.05, 0) is 30.7 Å². The van der Waals surface area contributed by atoms with Gasteiger partial charge in [0.05, 0.1) is 11.4 Å². The molecule has 0 bridgehead atoms. The first-order valence-corrected chi connectivity index (χ1v) is 12.8. The lowest BCUT2D eigenvalue weighted by atomic mass is 10.0.